The Morgan fingerprint density at radius 3 is 2.05 bits per heavy atom. The maximum Gasteiger partial charge on any atom is 0.319 e. The number of urea groups is 1. The molecule has 3 amide bonds. The summed E-state index contributed by atoms with van der Waals surface area (Å²) in [5.41, 5.74) is -0.00230. The van der Waals surface area contributed by atoms with Crippen molar-refractivity contribution in [3.05, 3.63) is 35.9 Å². The molecule has 1 unspecified atom stereocenters. The minimum atomic E-state index is -1.97. The standard InChI is InChI=1S/C14H20N2O2Si/c1-14(11-9-7-6-8-10-11)12(17)15(2)13(18)16(14)19(3,4)5/h6-10H,1-5H3. The van der Waals surface area contributed by atoms with Gasteiger partial charge in [0.05, 0.1) is 0 Å². The van der Waals surface area contributed by atoms with Crippen LogP contribution in [0.4, 0.5) is 4.79 Å². The van der Waals surface area contributed by atoms with Gasteiger partial charge in [-0.25, -0.2) is 4.79 Å². The fraction of sp³-hybridized carbons (Fsp3) is 0.429. The minimum Gasteiger partial charge on any atom is -0.335 e. The molecule has 1 saturated heterocycles. The highest BCUT2D eigenvalue weighted by Gasteiger charge is 2.57. The number of rotatable bonds is 2. The van der Waals surface area contributed by atoms with Crippen molar-refractivity contribution in [1.29, 1.82) is 0 Å². The van der Waals surface area contributed by atoms with Crippen molar-refractivity contribution in [3.63, 3.8) is 0 Å². The highest BCUT2D eigenvalue weighted by Crippen LogP contribution is 2.39. The van der Waals surface area contributed by atoms with Crippen molar-refractivity contribution in [2.45, 2.75) is 32.1 Å². The van der Waals surface area contributed by atoms with Crippen molar-refractivity contribution < 1.29 is 9.59 Å². The second kappa shape index (κ2) is 4.20. The van der Waals surface area contributed by atoms with Crippen molar-refractivity contribution in [3.8, 4) is 0 Å². The summed E-state index contributed by atoms with van der Waals surface area (Å²) in [6.45, 7) is 8.10. The fourth-order valence-corrected chi connectivity index (χ4v) is 5.11. The van der Waals surface area contributed by atoms with Gasteiger partial charge in [0, 0.05) is 7.05 Å². The second-order valence-electron chi connectivity index (χ2n) is 6.09. The van der Waals surface area contributed by atoms with Crippen LogP contribution in [0.3, 0.4) is 0 Å². The smallest absolute Gasteiger partial charge is 0.319 e. The highest BCUT2D eigenvalue weighted by molar-refractivity contribution is 6.76. The summed E-state index contributed by atoms with van der Waals surface area (Å²) in [6.07, 6.45) is 0. The van der Waals surface area contributed by atoms with Crippen LogP contribution >= 0.6 is 0 Å². The topological polar surface area (TPSA) is 40.6 Å². The fourth-order valence-electron chi connectivity index (χ4n) is 2.82. The molecular formula is C14H20N2O2Si. The van der Waals surface area contributed by atoms with Crippen LogP contribution < -0.4 is 0 Å². The summed E-state index contributed by atoms with van der Waals surface area (Å²) in [6, 6.07) is 9.36. The Bertz CT molecular complexity index is 524. The molecule has 1 fully saturated rings. The van der Waals surface area contributed by atoms with Crippen LogP contribution in [0.2, 0.25) is 19.6 Å². The molecule has 1 aliphatic rings. The van der Waals surface area contributed by atoms with E-state index in [0.29, 0.717) is 0 Å². The Morgan fingerprint density at radius 1 is 1.05 bits per heavy atom. The minimum absolute atomic E-state index is 0.147. The number of likely N-dealkylation sites (N-methyl/N-ethyl adjacent to an activating group) is 1. The van der Waals surface area contributed by atoms with E-state index in [-0.39, 0.29) is 11.9 Å². The molecule has 4 nitrogen and oxygen atoms in total. The summed E-state index contributed by atoms with van der Waals surface area (Å²) >= 11 is 0. The molecule has 102 valence electrons. The van der Waals surface area contributed by atoms with E-state index < -0.39 is 13.8 Å². The average Bonchev–Trinajstić information content (AvgIpc) is 2.52. The lowest BCUT2D eigenvalue weighted by Gasteiger charge is -2.40. The van der Waals surface area contributed by atoms with Crippen LogP contribution in [0.1, 0.15) is 12.5 Å². The van der Waals surface area contributed by atoms with Gasteiger partial charge in [-0.15, -0.1) is 0 Å². The monoisotopic (exact) mass is 276 g/mol. The molecule has 19 heavy (non-hydrogen) atoms. The first kappa shape index (κ1) is 13.8. The summed E-state index contributed by atoms with van der Waals surface area (Å²) in [5, 5.41) is 0. The van der Waals surface area contributed by atoms with Gasteiger partial charge in [0.2, 0.25) is 0 Å². The van der Waals surface area contributed by atoms with Crippen molar-refractivity contribution >= 4 is 20.2 Å². The van der Waals surface area contributed by atoms with Crippen molar-refractivity contribution in [1.82, 2.24) is 9.47 Å². The van der Waals surface area contributed by atoms with E-state index in [2.05, 4.69) is 19.6 Å². The Labute approximate surface area is 115 Å². The largest absolute Gasteiger partial charge is 0.335 e. The molecular weight excluding hydrogens is 256 g/mol. The maximum absolute atomic E-state index is 12.6. The third-order valence-electron chi connectivity index (χ3n) is 3.65. The first-order valence-electron chi connectivity index (χ1n) is 6.38. The first-order valence-corrected chi connectivity index (χ1v) is 9.83. The number of carbonyl (C=O) groups is 2. The van der Waals surface area contributed by atoms with Gasteiger partial charge in [-0.1, -0.05) is 50.0 Å². The van der Waals surface area contributed by atoms with Gasteiger partial charge in [0.15, 0.2) is 8.24 Å². The maximum atomic E-state index is 12.6. The lowest BCUT2D eigenvalue weighted by atomic mass is 9.92. The first-order chi connectivity index (χ1) is 8.70. The molecule has 1 heterocycles. The lowest BCUT2D eigenvalue weighted by Crippen LogP contribution is -2.56. The second-order valence-corrected chi connectivity index (χ2v) is 10.9. The van der Waals surface area contributed by atoms with E-state index in [9.17, 15) is 9.59 Å². The third-order valence-corrected chi connectivity index (χ3v) is 5.63. The number of benzene rings is 1. The number of hydrogen-bond acceptors (Lipinski definition) is 2. The summed E-state index contributed by atoms with van der Waals surface area (Å²) in [7, 11) is -0.406. The number of imide groups is 1. The molecule has 1 atom stereocenters. The molecule has 1 aromatic rings. The summed E-state index contributed by atoms with van der Waals surface area (Å²) in [5.74, 6) is -0.147. The molecule has 5 heteroatoms. The lowest BCUT2D eigenvalue weighted by molar-refractivity contribution is -0.131. The highest BCUT2D eigenvalue weighted by atomic mass is 28.3. The predicted molar refractivity (Wildman–Crippen MR) is 77.1 cm³/mol. The Hall–Kier alpha value is -1.62. The molecule has 0 spiro atoms. The Morgan fingerprint density at radius 2 is 1.58 bits per heavy atom. The molecule has 0 aliphatic carbocycles. The van der Waals surface area contributed by atoms with Gasteiger partial charge in [-0.2, -0.15) is 0 Å². The zero-order valence-electron chi connectivity index (χ0n) is 12.1. The zero-order chi connectivity index (χ0) is 14.4. The van der Waals surface area contributed by atoms with Crippen molar-refractivity contribution in [2.75, 3.05) is 7.05 Å². The molecule has 2 rings (SSSR count). The van der Waals surface area contributed by atoms with E-state index in [4.69, 9.17) is 0 Å². The van der Waals surface area contributed by atoms with Gasteiger partial charge in [0.25, 0.3) is 5.91 Å². The van der Waals surface area contributed by atoms with E-state index in [1.807, 2.05) is 37.3 Å². The number of amides is 3. The molecule has 0 bridgehead atoms. The molecule has 0 radical (unpaired) electrons. The van der Waals surface area contributed by atoms with Gasteiger partial charge >= 0.3 is 6.03 Å². The van der Waals surface area contributed by atoms with Crippen LogP contribution in [-0.2, 0) is 10.3 Å². The van der Waals surface area contributed by atoms with E-state index >= 15 is 0 Å². The summed E-state index contributed by atoms with van der Waals surface area (Å²) < 4.78 is 1.80. The van der Waals surface area contributed by atoms with Crippen LogP contribution in [-0.4, -0.2) is 36.7 Å². The van der Waals surface area contributed by atoms with E-state index in [0.717, 1.165) is 5.56 Å². The van der Waals surface area contributed by atoms with Gasteiger partial charge in [0.1, 0.15) is 5.54 Å². The van der Waals surface area contributed by atoms with Crippen LogP contribution in [0.15, 0.2) is 30.3 Å². The molecule has 0 saturated carbocycles. The SMILES string of the molecule is CN1C(=O)N([Si](C)(C)C)C(C)(c2ccccc2)C1=O. The number of hydrogen-bond donors (Lipinski definition) is 0. The van der Waals surface area contributed by atoms with Crippen molar-refractivity contribution in [2.24, 2.45) is 0 Å². The number of nitrogens with zero attached hydrogens (tertiary/aromatic N) is 2. The zero-order valence-corrected chi connectivity index (χ0v) is 13.1. The molecule has 0 N–H and O–H groups in total. The Kier molecular flexibility index (Phi) is 3.05. The van der Waals surface area contributed by atoms with Gasteiger partial charge < -0.3 is 4.57 Å². The van der Waals surface area contributed by atoms with E-state index in [1.54, 1.807) is 11.6 Å². The third kappa shape index (κ3) is 1.88. The normalized spacial score (nSPS) is 24.3. The molecule has 1 aliphatic heterocycles. The number of carbonyl (C=O) groups excluding carboxylic acids is 2. The molecule has 1 aromatic carbocycles. The van der Waals surface area contributed by atoms with Gasteiger partial charge in [-0.05, 0) is 12.5 Å². The van der Waals surface area contributed by atoms with Crippen LogP contribution in [0.5, 0.6) is 0 Å². The average molecular weight is 276 g/mol. The summed E-state index contributed by atoms with van der Waals surface area (Å²) in [4.78, 5) is 26.2. The van der Waals surface area contributed by atoms with Crippen LogP contribution in [0.25, 0.3) is 0 Å². The van der Waals surface area contributed by atoms with Gasteiger partial charge in [-0.3, -0.25) is 9.69 Å². The van der Waals surface area contributed by atoms with Crippen LogP contribution in [0, 0.1) is 0 Å². The molecule has 0 aromatic heterocycles. The predicted octanol–water partition coefficient (Wildman–Crippen LogP) is 2.63. The quantitative estimate of drug-likeness (QED) is 0.615. The Balaban J connectivity index is 2.64. The van der Waals surface area contributed by atoms with E-state index in [1.165, 1.54) is 4.90 Å².